The van der Waals surface area contributed by atoms with Gasteiger partial charge in [0.05, 0.1) is 12.3 Å². The Morgan fingerprint density at radius 3 is 2.61 bits per heavy atom. The molecule has 1 aromatic carbocycles. The van der Waals surface area contributed by atoms with Gasteiger partial charge in [-0.05, 0) is 37.3 Å². The smallest absolute Gasteiger partial charge is 0.334 e. The van der Waals surface area contributed by atoms with Gasteiger partial charge < -0.3 is 19.8 Å². The number of benzene rings is 1. The van der Waals surface area contributed by atoms with Gasteiger partial charge >= 0.3 is 5.97 Å². The number of rotatable bonds is 7. The Kier molecular flexibility index (Phi) is 7.19. The summed E-state index contributed by atoms with van der Waals surface area (Å²) in [5.74, 6) is -0.313. The maximum Gasteiger partial charge on any atom is 0.334 e. The number of nitrogens with zero attached hydrogens (tertiary/aromatic N) is 1. The molecule has 0 aliphatic heterocycles. The summed E-state index contributed by atoms with van der Waals surface area (Å²) in [5.41, 5.74) is 7.83. The zero-order chi connectivity index (χ0) is 19.9. The van der Waals surface area contributed by atoms with Crippen molar-refractivity contribution >= 4 is 23.9 Å². The predicted octanol–water partition coefficient (Wildman–Crippen LogP) is 3.72. The quantitative estimate of drug-likeness (QED) is 0.373. The van der Waals surface area contributed by atoms with Gasteiger partial charge in [0.2, 0.25) is 0 Å². The average molecular weight is 402 g/mol. The van der Waals surface area contributed by atoms with Crippen LogP contribution in [0.2, 0.25) is 0 Å². The Bertz CT molecular complexity index is 848. The summed E-state index contributed by atoms with van der Waals surface area (Å²) in [7, 11) is 1.74. The van der Waals surface area contributed by atoms with Gasteiger partial charge in [0.25, 0.3) is 0 Å². The fourth-order valence-corrected chi connectivity index (χ4v) is 4.00. The zero-order valence-electron chi connectivity index (χ0n) is 16.1. The van der Waals surface area contributed by atoms with E-state index in [2.05, 4.69) is 10.9 Å². The Balaban J connectivity index is 2.00. The molecule has 0 bridgehead atoms. The summed E-state index contributed by atoms with van der Waals surface area (Å²) in [4.78, 5) is 13.2. The first-order valence-corrected chi connectivity index (χ1v) is 10.1. The summed E-state index contributed by atoms with van der Waals surface area (Å²) in [6.45, 7) is -0.233. The molecule has 1 unspecified atom stereocenters. The predicted molar refractivity (Wildman–Crippen MR) is 111 cm³/mol. The van der Waals surface area contributed by atoms with E-state index in [0.29, 0.717) is 15.9 Å². The molecule has 28 heavy (non-hydrogen) atoms. The van der Waals surface area contributed by atoms with E-state index in [1.54, 1.807) is 23.9 Å². The summed E-state index contributed by atoms with van der Waals surface area (Å²) >= 11 is 5.62. The molecule has 1 aromatic heterocycles. The molecule has 150 valence electrons. The van der Waals surface area contributed by atoms with E-state index in [0.717, 1.165) is 31.2 Å². The Labute approximate surface area is 170 Å². The number of aromatic nitrogens is 1. The maximum atomic E-state index is 13.2. The highest BCUT2D eigenvalue weighted by atomic mass is 32.1. The van der Waals surface area contributed by atoms with Crippen molar-refractivity contribution in [3.05, 3.63) is 58.4 Å². The Hall–Kier alpha value is -2.22. The maximum absolute atomic E-state index is 13.2. The number of ether oxygens (including phenoxy) is 1. The highest BCUT2D eigenvalue weighted by molar-refractivity contribution is 7.71. The zero-order valence-corrected chi connectivity index (χ0v) is 16.9. The fraction of sp³-hybridized carbons (Fsp3) is 0.429. The minimum absolute atomic E-state index is 0.0378. The molecule has 6 nitrogen and oxygen atoms in total. The van der Waals surface area contributed by atoms with Gasteiger partial charge in [-0.3, -0.25) is 0 Å². The number of hydrogen-bond donors (Lipinski definition) is 3. The molecule has 0 amide bonds. The van der Waals surface area contributed by atoms with Crippen LogP contribution in [0.3, 0.4) is 0 Å². The first-order valence-electron chi connectivity index (χ1n) is 9.68. The largest absolute Gasteiger partial charge is 0.461 e. The van der Waals surface area contributed by atoms with Crippen LogP contribution in [0.1, 0.15) is 49.3 Å². The SMILES string of the molecule is CNNc1ccn(C(C(=O)OC2CCCCC2)c2ccccc2)c(=S)c1CO. The van der Waals surface area contributed by atoms with Gasteiger partial charge in [-0.15, -0.1) is 0 Å². The molecule has 7 heteroatoms. The highest BCUT2D eigenvalue weighted by Gasteiger charge is 2.28. The van der Waals surface area contributed by atoms with E-state index in [9.17, 15) is 9.90 Å². The number of esters is 1. The van der Waals surface area contributed by atoms with E-state index in [1.807, 2.05) is 30.3 Å². The minimum atomic E-state index is -0.690. The second-order valence-corrected chi connectivity index (χ2v) is 7.35. The van der Waals surface area contributed by atoms with E-state index < -0.39 is 6.04 Å². The molecule has 3 N–H and O–H groups in total. The van der Waals surface area contributed by atoms with Crippen LogP contribution < -0.4 is 10.9 Å². The van der Waals surface area contributed by atoms with Crippen LogP contribution >= 0.6 is 12.2 Å². The van der Waals surface area contributed by atoms with Crippen molar-refractivity contribution in [1.29, 1.82) is 0 Å². The number of aliphatic hydroxyl groups excluding tert-OH is 1. The summed E-state index contributed by atoms with van der Waals surface area (Å²) in [6, 6.07) is 10.6. The first kappa shape index (κ1) is 20.5. The van der Waals surface area contributed by atoms with Crippen LogP contribution in [0.15, 0.2) is 42.6 Å². The van der Waals surface area contributed by atoms with Crippen molar-refractivity contribution in [3.8, 4) is 0 Å². The molecule has 1 atom stereocenters. The van der Waals surface area contributed by atoms with Gasteiger partial charge in [0, 0.05) is 18.8 Å². The van der Waals surface area contributed by atoms with Gasteiger partial charge in [-0.25, -0.2) is 10.2 Å². The monoisotopic (exact) mass is 401 g/mol. The number of hydrogen-bond acceptors (Lipinski definition) is 6. The van der Waals surface area contributed by atoms with Crippen LogP contribution in [-0.4, -0.2) is 28.8 Å². The molecule has 3 rings (SSSR count). The molecule has 0 radical (unpaired) electrons. The highest BCUT2D eigenvalue weighted by Crippen LogP contribution is 2.28. The number of hydrazine groups is 1. The van der Waals surface area contributed by atoms with Crippen molar-refractivity contribution in [2.75, 3.05) is 12.5 Å². The van der Waals surface area contributed by atoms with Crippen LogP contribution in [0, 0.1) is 4.64 Å². The molecule has 1 heterocycles. The number of carbonyl (C=O) groups excluding carboxylic acids is 1. The number of pyridine rings is 1. The number of anilines is 1. The standard InChI is InChI=1S/C21H27N3O3S/c1-22-23-18-12-13-24(20(28)17(18)14-25)19(15-8-4-2-5-9-15)21(26)27-16-10-6-3-7-11-16/h2,4-5,8-9,12-13,16,19,22-23,25H,3,6-7,10-11,14H2,1H3. The average Bonchev–Trinajstić information content (AvgIpc) is 2.72. The molecule has 1 aliphatic rings. The van der Waals surface area contributed by atoms with Crippen molar-refractivity contribution in [2.45, 2.75) is 50.9 Å². The van der Waals surface area contributed by atoms with Crippen LogP contribution in [-0.2, 0) is 16.1 Å². The van der Waals surface area contributed by atoms with E-state index in [1.165, 1.54) is 6.42 Å². The lowest BCUT2D eigenvalue weighted by molar-refractivity contribution is -0.153. The summed E-state index contributed by atoms with van der Waals surface area (Å²) in [5, 5.41) is 9.84. The lowest BCUT2D eigenvalue weighted by atomic mass is 9.97. The summed E-state index contributed by atoms with van der Waals surface area (Å²) in [6.07, 6.45) is 6.92. The second-order valence-electron chi connectivity index (χ2n) is 6.96. The van der Waals surface area contributed by atoms with Gasteiger partial charge in [-0.1, -0.05) is 49.0 Å². The molecular weight excluding hydrogens is 374 g/mol. The Morgan fingerprint density at radius 2 is 1.96 bits per heavy atom. The van der Waals surface area contributed by atoms with Crippen molar-refractivity contribution < 1.29 is 14.6 Å². The lowest BCUT2D eigenvalue weighted by Gasteiger charge is -2.27. The number of nitrogens with one attached hydrogen (secondary N) is 2. The van der Waals surface area contributed by atoms with Crippen LogP contribution in [0.5, 0.6) is 0 Å². The van der Waals surface area contributed by atoms with Gasteiger partial charge in [0.15, 0.2) is 6.04 Å². The first-order chi connectivity index (χ1) is 13.7. The number of carbonyl (C=O) groups is 1. The number of aliphatic hydroxyl groups is 1. The topological polar surface area (TPSA) is 75.5 Å². The van der Waals surface area contributed by atoms with Crippen LogP contribution in [0.4, 0.5) is 5.69 Å². The molecule has 1 aliphatic carbocycles. The lowest BCUT2D eigenvalue weighted by Crippen LogP contribution is -2.29. The Morgan fingerprint density at radius 1 is 1.25 bits per heavy atom. The minimum Gasteiger partial charge on any atom is -0.461 e. The normalized spacial score (nSPS) is 15.8. The molecule has 0 spiro atoms. The van der Waals surface area contributed by atoms with Gasteiger partial charge in [-0.2, -0.15) is 0 Å². The van der Waals surface area contributed by atoms with E-state index in [4.69, 9.17) is 17.0 Å². The summed E-state index contributed by atoms with van der Waals surface area (Å²) < 4.78 is 7.98. The molecule has 0 saturated heterocycles. The third kappa shape index (κ3) is 4.60. The van der Waals surface area contributed by atoms with E-state index >= 15 is 0 Å². The van der Waals surface area contributed by atoms with Crippen molar-refractivity contribution in [3.63, 3.8) is 0 Å². The molecular formula is C21H27N3O3S. The molecule has 1 saturated carbocycles. The molecule has 2 aromatic rings. The molecule has 1 fully saturated rings. The van der Waals surface area contributed by atoms with Crippen LogP contribution in [0.25, 0.3) is 0 Å². The fourth-order valence-electron chi connectivity index (χ4n) is 3.66. The van der Waals surface area contributed by atoms with Crippen molar-refractivity contribution in [1.82, 2.24) is 9.99 Å². The van der Waals surface area contributed by atoms with Gasteiger partial charge in [0.1, 0.15) is 10.7 Å². The second kappa shape index (κ2) is 9.82. The van der Waals surface area contributed by atoms with E-state index in [-0.39, 0.29) is 18.7 Å². The third-order valence-electron chi connectivity index (χ3n) is 5.09. The van der Waals surface area contributed by atoms with Crippen molar-refractivity contribution in [2.24, 2.45) is 0 Å². The third-order valence-corrected chi connectivity index (χ3v) is 5.55.